The summed E-state index contributed by atoms with van der Waals surface area (Å²) in [6.07, 6.45) is 1.09. The lowest BCUT2D eigenvalue weighted by molar-refractivity contribution is 0.373. The van der Waals surface area contributed by atoms with E-state index >= 15 is 0 Å². The Balaban J connectivity index is 1.57. The summed E-state index contributed by atoms with van der Waals surface area (Å²) < 4.78 is 5.64. The van der Waals surface area contributed by atoms with Crippen LogP contribution >= 0.6 is 0 Å². The lowest BCUT2D eigenvalue weighted by Gasteiger charge is -2.26. The maximum atomic E-state index is 10.6. The molecule has 4 rings (SSSR count). The molecule has 1 fully saturated rings. The summed E-state index contributed by atoms with van der Waals surface area (Å²) in [5.74, 6) is 1.59. The zero-order valence-corrected chi connectivity index (χ0v) is 17.1. The number of rotatable bonds is 3. The number of phenolic OH excluding ortho intramolecular Hbond substituents is 1. The monoisotopic (exact) mass is 381 g/mol. The van der Waals surface area contributed by atoms with E-state index in [1.807, 2.05) is 19.1 Å². The first-order valence-corrected chi connectivity index (χ1v) is 9.68. The van der Waals surface area contributed by atoms with Crippen LogP contribution in [0, 0.1) is 13.8 Å². The van der Waals surface area contributed by atoms with Gasteiger partial charge in [-0.15, -0.1) is 10.2 Å². The van der Waals surface area contributed by atoms with Crippen molar-refractivity contribution in [2.75, 3.05) is 18.0 Å². The third kappa shape index (κ3) is 3.54. The number of benzene rings is 1. The third-order valence-corrected chi connectivity index (χ3v) is 5.08. The Morgan fingerprint density at radius 3 is 2.68 bits per heavy atom. The van der Waals surface area contributed by atoms with Crippen LogP contribution in [0.3, 0.4) is 0 Å². The second-order valence-corrected chi connectivity index (χ2v) is 8.58. The van der Waals surface area contributed by atoms with Gasteiger partial charge in [-0.3, -0.25) is 0 Å². The van der Waals surface area contributed by atoms with Gasteiger partial charge in [0.2, 0.25) is 0 Å². The third-order valence-electron chi connectivity index (χ3n) is 5.08. The normalized spacial score (nSPS) is 17.6. The van der Waals surface area contributed by atoms with Crippen molar-refractivity contribution in [2.24, 2.45) is 0 Å². The Labute approximate surface area is 164 Å². The molecular weight excluding hydrogens is 354 g/mol. The van der Waals surface area contributed by atoms with Crippen LogP contribution in [0.15, 0.2) is 22.6 Å². The van der Waals surface area contributed by atoms with Crippen molar-refractivity contribution in [3.8, 4) is 17.0 Å². The van der Waals surface area contributed by atoms with Crippen LogP contribution in [-0.2, 0) is 0 Å². The van der Waals surface area contributed by atoms with Crippen molar-refractivity contribution in [3.63, 3.8) is 0 Å². The van der Waals surface area contributed by atoms with Crippen molar-refractivity contribution in [2.45, 2.75) is 52.6 Å². The van der Waals surface area contributed by atoms with E-state index in [1.165, 1.54) is 0 Å². The average Bonchev–Trinajstić information content (AvgIpc) is 3.23. The highest BCUT2D eigenvalue weighted by Crippen LogP contribution is 2.36. The first kappa shape index (κ1) is 18.7. The van der Waals surface area contributed by atoms with E-state index in [4.69, 9.17) is 4.42 Å². The van der Waals surface area contributed by atoms with Gasteiger partial charge < -0.3 is 19.7 Å². The topological polar surface area (TPSA) is 87.3 Å². The van der Waals surface area contributed by atoms with Gasteiger partial charge in [0, 0.05) is 42.7 Å². The number of hydrogen-bond acceptors (Lipinski definition) is 7. The summed E-state index contributed by atoms with van der Waals surface area (Å²) in [7, 11) is 0. The van der Waals surface area contributed by atoms with Gasteiger partial charge >= 0.3 is 0 Å². The van der Waals surface area contributed by atoms with Crippen LogP contribution in [-0.4, -0.2) is 45.0 Å². The van der Waals surface area contributed by atoms with Gasteiger partial charge in [0.15, 0.2) is 17.3 Å². The molecule has 2 aromatic heterocycles. The van der Waals surface area contributed by atoms with Crippen LogP contribution in [0.1, 0.15) is 38.6 Å². The first-order valence-electron chi connectivity index (χ1n) is 9.68. The number of aromatic hydroxyl groups is 1. The van der Waals surface area contributed by atoms with Crippen molar-refractivity contribution < 1.29 is 9.52 Å². The number of aromatic nitrogens is 3. The summed E-state index contributed by atoms with van der Waals surface area (Å²) in [5, 5.41) is 23.1. The van der Waals surface area contributed by atoms with Gasteiger partial charge in [0.05, 0.1) is 5.69 Å². The standard InChI is InChI=1S/C21H27N5O2/c1-12-19-17(28-13(2)22-19)10-15(20(12)27)16-6-7-18(25-24-16)26-9-8-14(11-26)23-21(3,4)5/h6-7,10,14,23,27H,8-9,11H2,1-5H3/t14-/m0/s1. The molecule has 7 heteroatoms. The first-order chi connectivity index (χ1) is 13.2. The number of hydrogen-bond donors (Lipinski definition) is 2. The van der Waals surface area contributed by atoms with E-state index in [9.17, 15) is 5.11 Å². The molecule has 0 spiro atoms. The van der Waals surface area contributed by atoms with Crippen molar-refractivity contribution >= 4 is 16.9 Å². The molecule has 1 aliphatic rings. The Morgan fingerprint density at radius 1 is 1.21 bits per heavy atom. The molecular formula is C21H27N5O2. The van der Waals surface area contributed by atoms with E-state index in [0.717, 1.165) is 25.3 Å². The summed E-state index contributed by atoms with van der Waals surface area (Å²) in [4.78, 5) is 6.58. The van der Waals surface area contributed by atoms with Gasteiger partial charge in [0.25, 0.3) is 0 Å². The molecule has 2 N–H and O–H groups in total. The predicted octanol–water partition coefficient (Wildman–Crippen LogP) is 3.57. The minimum atomic E-state index is 0.101. The van der Waals surface area contributed by atoms with Crippen LogP contribution in [0.2, 0.25) is 0 Å². The molecule has 0 bridgehead atoms. The molecule has 1 saturated heterocycles. The fourth-order valence-corrected chi connectivity index (χ4v) is 3.85. The lowest BCUT2D eigenvalue weighted by atomic mass is 10.1. The number of nitrogens with one attached hydrogen (secondary N) is 1. The Morgan fingerprint density at radius 2 is 2.00 bits per heavy atom. The summed E-state index contributed by atoms with van der Waals surface area (Å²) in [6.45, 7) is 12.1. The maximum absolute atomic E-state index is 10.6. The highest BCUT2D eigenvalue weighted by molar-refractivity contribution is 5.87. The van der Waals surface area contributed by atoms with Crippen LogP contribution in [0.5, 0.6) is 5.75 Å². The molecule has 0 unspecified atom stereocenters. The number of nitrogens with zero attached hydrogens (tertiary/aromatic N) is 4. The molecule has 28 heavy (non-hydrogen) atoms. The van der Waals surface area contributed by atoms with Gasteiger partial charge in [-0.05, 0) is 52.3 Å². The molecule has 1 aliphatic heterocycles. The summed E-state index contributed by atoms with van der Waals surface area (Å²) in [6, 6.07) is 6.09. The molecule has 0 amide bonds. The quantitative estimate of drug-likeness (QED) is 0.717. The van der Waals surface area contributed by atoms with Gasteiger partial charge in [-0.25, -0.2) is 4.98 Å². The fraction of sp³-hybridized carbons (Fsp3) is 0.476. The Bertz CT molecular complexity index is 1000. The van der Waals surface area contributed by atoms with E-state index in [0.29, 0.717) is 39.9 Å². The van der Waals surface area contributed by atoms with Crippen LogP contribution < -0.4 is 10.2 Å². The van der Waals surface area contributed by atoms with Crippen LogP contribution in [0.25, 0.3) is 22.4 Å². The van der Waals surface area contributed by atoms with E-state index in [2.05, 4.69) is 46.2 Å². The molecule has 3 aromatic rings. The molecule has 1 aromatic carbocycles. The minimum absolute atomic E-state index is 0.101. The van der Waals surface area contributed by atoms with Gasteiger partial charge in [-0.1, -0.05) is 0 Å². The van der Waals surface area contributed by atoms with Gasteiger partial charge in [0.1, 0.15) is 11.3 Å². The van der Waals surface area contributed by atoms with E-state index < -0.39 is 0 Å². The minimum Gasteiger partial charge on any atom is -0.507 e. The molecule has 148 valence electrons. The largest absolute Gasteiger partial charge is 0.507 e. The summed E-state index contributed by atoms with van der Waals surface area (Å²) >= 11 is 0. The highest BCUT2D eigenvalue weighted by atomic mass is 16.3. The smallest absolute Gasteiger partial charge is 0.192 e. The number of anilines is 1. The molecule has 3 heterocycles. The number of aryl methyl sites for hydroxylation is 2. The zero-order chi connectivity index (χ0) is 20.1. The van der Waals surface area contributed by atoms with Crippen molar-refractivity contribution in [3.05, 3.63) is 29.7 Å². The molecule has 0 aliphatic carbocycles. The number of fused-ring (bicyclic) bond motifs is 1. The fourth-order valence-electron chi connectivity index (χ4n) is 3.85. The van der Waals surface area contributed by atoms with E-state index in [1.54, 1.807) is 13.0 Å². The molecule has 7 nitrogen and oxygen atoms in total. The number of phenols is 1. The van der Waals surface area contributed by atoms with Crippen molar-refractivity contribution in [1.82, 2.24) is 20.5 Å². The Hall–Kier alpha value is -2.67. The molecule has 0 radical (unpaired) electrons. The SMILES string of the molecule is Cc1nc2c(C)c(O)c(-c3ccc(N4CC[C@H](NC(C)(C)C)C4)nn3)cc2o1. The highest BCUT2D eigenvalue weighted by Gasteiger charge is 2.27. The van der Waals surface area contributed by atoms with Gasteiger partial charge in [-0.2, -0.15) is 0 Å². The lowest BCUT2D eigenvalue weighted by Crippen LogP contribution is -2.45. The molecule has 0 saturated carbocycles. The second kappa shape index (κ2) is 6.74. The average molecular weight is 381 g/mol. The summed E-state index contributed by atoms with van der Waals surface area (Å²) in [5.41, 5.74) is 3.33. The van der Waals surface area contributed by atoms with E-state index in [-0.39, 0.29) is 11.3 Å². The Kier molecular flexibility index (Phi) is 4.50. The van der Waals surface area contributed by atoms with Crippen LogP contribution in [0.4, 0.5) is 5.82 Å². The maximum Gasteiger partial charge on any atom is 0.192 e. The predicted molar refractivity (Wildman–Crippen MR) is 110 cm³/mol. The molecule has 1 atom stereocenters. The van der Waals surface area contributed by atoms with Crippen molar-refractivity contribution in [1.29, 1.82) is 0 Å². The second-order valence-electron chi connectivity index (χ2n) is 8.58. The number of oxazole rings is 1. The zero-order valence-electron chi connectivity index (χ0n) is 17.1.